The first kappa shape index (κ1) is 19.5. The van der Waals surface area contributed by atoms with Crippen LogP contribution in [-0.4, -0.2) is 19.3 Å². The highest BCUT2D eigenvalue weighted by Gasteiger charge is 2.49. The van der Waals surface area contributed by atoms with Gasteiger partial charge in [-0.1, -0.05) is 57.2 Å². The van der Waals surface area contributed by atoms with Gasteiger partial charge in [0.2, 0.25) is 0 Å². The minimum Gasteiger partial charge on any atom is -0.259 e. The smallest absolute Gasteiger partial charge is 0.259 e. The fourth-order valence-corrected chi connectivity index (χ4v) is 3.17. The summed E-state index contributed by atoms with van der Waals surface area (Å²) in [5, 5.41) is 23.2. The van der Waals surface area contributed by atoms with Crippen LogP contribution in [0.1, 0.15) is 51.9 Å². The zero-order valence-corrected chi connectivity index (χ0v) is 14.0. The van der Waals surface area contributed by atoms with Gasteiger partial charge in [-0.05, 0) is 18.6 Å². The predicted octanol–water partition coefficient (Wildman–Crippen LogP) is 3.50. The second-order valence-corrected chi connectivity index (χ2v) is 6.88. The quantitative estimate of drug-likeness (QED) is 0.201. The number of hydrogen-bond acceptors (Lipinski definition) is 5. The van der Waals surface area contributed by atoms with E-state index in [1.807, 2.05) is 0 Å². The van der Waals surface area contributed by atoms with Crippen LogP contribution in [0.25, 0.3) is 0 Å². The summed E-state index contributed by atoms with van der Waals surface area (Å²) >= 11 is 0. The lowest BCUT2D eigenvalue weighted by atomic mass is 10.1. The molecule has 0 bridgehead atoms. The molecule has 0 saturated carbocycles. The molecule has 0 aliphatic heterocycles. The molecule has 1 aromatic carbocycles. The Morgan fingerprint density at radius 3 is 2.22 bits per heavy atom. The van der Waals surface area contributed by atoms with Crippen LogP contribution in [0.2, 0.25) is 0 Å². The molecular weight excluding hydrogens is 322 g/mol. The van der Waals surface area contributed by atoms with Gasteiger partial charge in [0.25, 0.3) is 0 Å². The number of hydrogen-bond donors (Lipinski definition) is 0. The Morgan fingerprint density at radius 2 is 1.65 bits per heavy atom. The fraction of sp³-hybridized carbons (Fsp3) is 0.600. The van der Waals surface area contributed by atoms with Gasteiger partial charge in [-0.2, -0.15) is 12.6 Å². The van der Waals surface area contributed by atoms with Crippen molar-refractivity contribution in [2.45, 2.75) is 62.7 Å². The highest BCUT2D eigenvalue weighted by Crippen LogP contribution is 2.25. The summed E-state index contributed by atoms with van der Waals surface area (Å²) in [5.41, 5.74) is 0. The summed E-state index contributed by atoms with van der Waals surface area (Å²) < 4.78 is 28.4. The normalized spacial score (nSPS) is 14.3. The first-order chi connectivity index (χ1) is 10.8. The van der Waals surface area contributed by atoms with Crippen molar-refractivity contribution in [1.29, 1.82) is 0 Å². The Kier molecular flexibility index (Phi) is 7.60. The average Bonchev–Trinajstić information content (AvgIpc) is 2.51. The molecular formula is C15H22NO6S. The third kappa shape index (κ3) is 6.25. The first-order valence-electron chi connectivity index (χ1n) is 7.67. The van der Waals surface area contributed by atoms with Crippen molar-refractivity contribution in [1.82, 2.24) is 0 Å². The molecule has 7 nitrogen and oxygen atoms in total. The Balaban J connectivity index is 2.68. The van der Waals surface area contributed by atoms with Crippen molar-refractivity contribution in [3.63, 3.8) is 0 Å². The van der Waals surface area contributed by atoms with Crippen molar-refractivity contribution in [3.8, 4) is 0 Å². The van der Waals surface area contributed by atoms with Gasteiger partial charge in [-0.3, -0.25) is 10.1 Å². The van der Waals surface area contributed by atoms with Crippen molar-refractivity contribution in [3.05, 3.63) is 40.4 Å². The van der Waals surface area contributed by atoms with Crippen LogP contribution in [0, 0.1) is 10.1 Å². The van der Waals surface area contributed by atoms with E-state index in [9.17, 15) is 23.6 Å². The van der Waals surface area contributed by atoms with Gasteiger partial charge >= 0.3 is 16.0 Å². The van der Waals surface area contributed by atoms with Crippen LogP contribution in [0.15, 0.2) is 35.2 Å². The summed E-state index contributed by atoms with van der Waals surface area (Å²) in [6, 6.07) is 6.93. The highest BCUT2D eigenvalue weighted by atomic mass is 32.2. The molecule has 1 atom stereocenters. The molecule has 0 fully saturated rings. The van der Waals surface area contributed by atoms with E-state index in [2.05, 4.69) is 11.1 Å². The lowest BCUT2D eigenvalue weighted by Gasteiger charge is -2.16. The molecule has 1 rings (SSSR count). The molecule has 0 aliphatic carbocycles. The first-order valence-corrected chi connectivity index (χ1v) is 9.08. The third-order valence-electron chi connectivity index (χ3n) is 3.40. The summed E-state index contributed by atoms with van der Waals surface area (Å²) in [7, 11) is -4.47. The van der Waals surface area contributed by atoms with E-state index in [4.69, 9.17) is 0 Å². The summed E-state index contributed by atoms with van der Waals surface area (Å²) in [5.74, 6) is -3.18. The van der Waals surface area contributed by atoms with E-state index >= 15 is 0 Å². The largest absolute Gasteiger partial charge is 0.481 e. The van der Waals surface area contributed by atoms with Gasteiger partial charge in [0.05, 0.1) is 16.2 Å². The van der Waals surface area contributed by atoms with E-state index in [0.29, 0.717) is 6.42 Å². The van der Waals surface area contributed by atoms with E-state index in [1.165, 1.54) is 24.3 Å². The summed E-state index contributed by atoms with van der Waals surface area (Å²) in [4.78, 5) is 9.52. The topological polar surface area (TPSA) is 106 Å². The SMILES string of the molecule is CCCCCCCCC([O])(OS(=O)(=O)c1ccccc1)[N+](=O)[O-]. The second kappa shape index (κ2) is 8.95. The molecule has 0 aliphatic rings. The number of benzene rings is 1. The van der Waals surface area contributed by atoms with Gasteiger partial charge < -0.3 is 0 Å². The molecule has 0 spiro atoms. The molecule has 0 heterocycles. The number of nitro groups is 1. The number of unbranched alkanes of at least 4 members (excludes halogenated alkanes) is 5. The van der Waals surface area contributed by atoms with Crippen molar-refractivity contribution in [2.24, 2.45) is 0 Å². The Labute approximate surface area is 136 Å². The molecule has 129 valence electrons. The molecule has 8 heteroatoms. The Bertz CT molecular complexity index is 589. The lowest BCUT2D eigenvalue weighted by molar-refractivity contribution is -0.687. The standard InChI is InChI=1S/C15H22NO6S/c1-2-3-4-5-6-10-13-15(17,16(18)19)22-23(20,21)14-11-8-7-9-12-14/h7-9,11-12H,2-6,10,13H2,1H3. The van der Waals surface area contributed by atoms with Crippen LogP contribution in [0.4, 0.5) is 0 Å². The van der Waals surface area contributed by atoms with E-state index in [1.54, 1.807) is 6.07 Å². The lowest BCUT2D eigenvalue weighted by Crippen LogP contribution is -2.41. The molecule has 0 aromatic heterocycles. The maximum atomic E-state index is 12.2. The maximum absolute atomic E-state index is 12.2. The van der Waals surface area contributed by atoms with Gasteiger partial charge in [-0.15, -0.1) is 5.11 Å². The molecule has 0 N–H and O–H groups in total. The predicted molar refractivity (Wildman–Crippen MR) is 83.1 cm³/mol. The molecule has 1 unspecified atom stereocenters. The molecule has 0 amide bonds. The minimum absolute atomic E-state index is 0.249. The Hall–Kier alpha value is -1.51. The van der Waals surface area contributed by atoms with Crippen molar-refractivity contribution < 1.29 is 22.6 Å². The van der Waals surface area contributed by atoms with Crippen LogP contribution >= 0.6 is 0 Å². The summed E-state index contributed by atoms with van der Waals surface area (Å²) in [6.07, 6.45) is 4.37. The maximum Gasteiger partial charge on any atom is 0.481 e. The molecule has 1 radical (unpaired) electrons. The monoisotopic (exact) mass is 344 g/mol. The molecule has 23 heavy (non-hydrogen) atoms. The van der Waals surface area contributed by atoms with Crippen LogP contribution in [0.3, 0.4) is 0 Å². The van der Waals surface area contributed by atoms with E-state index < -0.39 is 27.4 Å². The average molecular weight is 344 g/mol. The van der Waals surface area contributed by atoms with E-state index in [-0.39, 0.29) is 11.3 Å². The van der Waals surface area contributed by atoms with Crippen LogP contribution in [0.5, 0.6) is 0 Å². The second-order valence-electron chi connectivity index (χ2n) is 5.34. The third-order valence-corrected chi connectivity index (χ3v) is 4.73. The van der Waals surface area contributed by atoms with Crippen LogP contribution < -0.4 is 0 Å². The van der Waals surface area contributed by atoms with Gasteiger partial charge in [0.15, 0.2) is 0 Å². The van der Waals surface area contributed by atoms with Crippen molar-refractivity contribution in [2.75, 3.05) is 0 Å². The fourth-order valence-electron chi connectivity index (χ4n) is 2.10. The zero-order valence-electron chi connectivity index (χ0n) is 13.1. The molecule has 0 saturated heterocycles. The molecule has 1 aromatic rings. The highest BCUT2D eigenvalue weighted by molar-refractivity contribution is 7.86. The van der Waals surface area contributed by atoms with Crippen LogP contribution in [-0.2, 0) is 19.4 Å². The van der Waals surface area contributed by atoms with Crippen molar-refractivity contribution >= 4 is 10.1 Å². The van der Waals surface area contributed by atoms with Gasteiger partial charge in [-0.25, -0.2) is 0 Å². The number of rotatable bonds is 11. The Morgan fingerprint density at radius 1 is 1.09 bits per heavy atom. The van der Waals surface area contributed by atoms with Gasteiger partial charge in [0, 0.05) is 0 Å². The summed E-state index contributed by atoms with van der Waals surface area (Å²) in [6.45, 7) is 2.07. The minimum atomic E-state index is -4.47. The number of nitrogens with zero attached hydrogens (tertiary/aromatic N) is 1. The van der Waals surface area contributed by atoms with Gasteiger partial charge in [0.1, 0.15) is 0 Å². The zero-order chi connectivity index (χ0) is 17.3. The van der Waals surface area contributed by atoms with E-state index in [0.717, 1.165) is 25.7 Å².